The zero-order chi connectivity index (χ0) is 15.2. The number of carbonyl (C=O) groups is 1. The molecule has 0 spiro atoms. The molecule has 110 valence electrons. The molecule has 1 heterocycles. The molecule has 0 atom stereocenters. The molecule has 0 saturated heterocycles. The number of hydrogen-bond donors (Lipinski definition) is 2. The van der Waals surface area contributed by atoms with Crippen molar-refractivity contribution in [2.75, 3.05) is 20.0 Å². The van der Waals surface area contributed by atoms with Gasteiger partial charge in [0.1, 0.15) is 5.69 Å². The molecular weight excluding hydrogens is 270 g/mol. The quantitative estimate of drug-likeness (QED) is 0.872. The van der Waals surface area contributed by atoms with E-state index in [1.54, 1.807) is 32.4 Å². The van der Waals surface area contributed by atoms with Gasteiger partial charge in [0.25, 0.3) is 5.91 Å². The SMILES string of the molecule is COc1ccc(CNC(=O)c2ccc(N)cn2)cc1OC. The Kier molecular flexibility index (Phi) is 4.61. The third-order valence-electron chi connectivity index (χ3n) is 2.92. The highest BCUT2D eigenvalue weighted by Gasteiger charge is 2.08. The van der Waals surface area contributed by atoms with Crippen LogP contribution in [0.3, 0.4) is 0 Å². The van der Waals surface area contributed by atoms with Crippen LogP contribution in [-0.4, -0.2) is 25.1 Å². The van der Waals surface area contributed by atoms with Gasteiger partial charge in [-0.2, -0.15) is 0 Å². The van der Waals surface area contributed by atoms with E-state index in [0.29, 0.717) is 29.4 Å². The van der Waals surface area contributed by atoms with E-state index in [4.69, 9.17) is 15.2 Å². The van der Waals surface area contributed by atoms with Crippen LogP contribution in [0.1, 0.15) is 16.1 Å². The summed E-state index contributed by atoms with van der Waals surface area (Å²) in [7, 11) is 3.14. The van der Waals surface area contributed by atoms with Crippen molar-refractivity contribution in [3.8, 4) is 11.5 Å². The fraction of sp³-hybridized carbons (Fsp3) is 0.200. The van der Waals surface area contributed by atoms with Gasteiger partial charge in [0.05, 0.1) is 26.1 Å². The predicted octanol–water partition coefficient (Wildman–Crippen LogP) is 1.61. The maximum Gasteiger partial charge on any atom is 0.270 e. The molecule has 0 radical (unpaired) electrons. The van der Waals surface area contributed by atoms with Crippen LogP contribution in [0.5, 0.6) is 11.5 Å². The smallest absolute Gasteiger partial charge is 0.270 e. The molecule has 0 aliphatic heterocycles. The van der Waals surface area contributed by atoms with E-state index in [-0.39, 0.29) is 5.91 Å². The molecule has 6 heteroatoms. The van der Waals surface area contributed by atoms with E-state index in [2.05, 4.69) is 10.3 Å². The number of rotatable bonds is 5. The monoisotopic (exact) mass is 287 g/mol. The number of hydrogen-bond acceptors (Lipinski definition) is 5. The number of benzene rings is 1. The maximum atomic E-state index is 11.9. The van der Waals surface area contributed by atoms with Crippen molar-refractivity contribution in [3.05, 3.63) is 47.8 Å². The van der Waals surface area contributed by atoms with Gasteiger partial charge in [0.15, 0.2) is 11.5 Å². The predicted molar refractivity (Wildman–Crippen MR) is 79.4 cm³/mol. The summed E-state index contributed by atoms with van der Waals surface area (Å²) in [6.45, 7) is 0.366. The van der Waals surface area contributed by atoms with Crippen LogP contribution in [0.25, 0.3) is 0 Å². The molecular formula is C15H17N3O3. The summed E-state index contributed by atoms with van der Waals surface area (Å²) in [5.74, 6) is 1.01. The molecule has 0 bridgehead atoms. The first-order valence-electron chi connectivity index (χ1n) is 6.34. The number of nitrogens with zero attached hydrogens (tertiary/aromatic N) is 1. The Morgan fingerprint density at radius 1 is 1.19 bits per heavy atom. The fourth-order valence-corrected chi connectivity index (χ4v) is 1.80. The second kappa shape index (κ2) is 6.60. The number of carbonyl (C=O) groups excluding carboxylic acids is 1. The number of pyridine rings is 1. The molecule has 0 aliphatic carbocycles. The summed E-state index contributed by atoms with van der Waals surface area (Å²) in [5.41, 5.74) is 7.27. The average molecular weight is 287 g/mol. The highest BCUT2D eigenvalue weighted by atomic mass is 16.5. The Balaban J connectivity index is 2.02. The first-order chi connectivity index (χ1) is 10.1. The minimum absolute atomic E-state index is 0.259. The topological polar surface area (TPSA) is 86.5 Å². The zero-order valence-corrected chi connectivity index (χ0v) is 11.9. The minimum Gasteiger partial charge on any atom is -0.493 e. The third-order valence-corrected chi connectivity index (χ3v) is 2.92. The average Bonchev–Trinajstić information content (AvgIpc) is 2.52. The number of nitrogens with two attached hydrogens (primary N) is 1. The van der Waals surface area contributed by atoms with Crippen LogP contribution in [0.15, 0.2) is 36.5 Å². The lowest BCUT2D eigenvalue weighted by molar-refractivity contribution is 0.0946. The van der Waals surface area contributed by atoms with Crippen molar-refractivity contribution in [3.63, 3.8) is 0 Å². The molecule has 2 rings (SSSR count). The van der Waals surface area contributed by atoms with E-state index in [1.165, 1.54) is 6.20 Å². The van der Waals surface area contributed by atoms with Gasteiger partial charge in [0.2, 0.25) is 0 Å². The molecule has 1 aromatic heterocycles. The van der Waals surface area contributed by atoms with Crippen LogP contribution in [0.2, 0.25) is 0 Å². The Bertz CT molecular complexity index is 627. The molecule has 0 aliphatic rings. The second-order valence-electron chi connectivity index (χ2n) is 4.35. The van der Waals surface area contributed by atoms with Crippen LogP contribution in [0.4, 0.5) is 5.69 Å². The fourth-order valence-electron chi connectivity index (χ4n) is 1.80. The van der Waals surface area contributed by atoms with E-state index in [9.17, 15) is 4.79 Å². The highest BCUT2D eigenvalue weighted by Crippen LogP contribution is 2.27. The standard InChI is InChI=1S/C15H17N3O3/c1-20-13-6-3-10(7-14(13)21-2)8-18-15(19)12-5-4-11(16)9-17-12/h3-7,9H,8,16H2,1-2H3,(H,18,19). The second-order valence-corrected chi connectivity index (χ2v) is 4.35. The Labute approximate surface area is 122 Å². The number of methoxy groups -OCH3 is 2. The lowest BCUT2D eigenvalue weighted by Gasteiger charge is -2.10. The molecule has 6 nitrogen and oxygen atoms in total. The zero-order valence-electron chi connectivity index (χ0n) is 11.9. The molecule has 21 heavy (non-hydrogen) atoms. The molecule has 0 fully saturated rings. The number of ether oxygens (including phenoxy) is 2. The van der Waals surface area contributed by atoms with E-state index in [1.807, 2.05) is 12.1 Å². The van der Waals surface area contributed by atoms with Crippen molar-refractivity contribution in [1.82, 2.24) is 10.3 Å². The highest BCUT2D eigenvalue weighted by molar-refractivity contribution is 5.92. The lowest BCUT2D eigenvalue weighted by atomic mass is 10.2. The summed E-state index contributed by atoms with van der Waals surface area (Å²) in [5, 5.41) is 2.78. The molecule has 2 aromatic rings. The van der Waals surface area contributed by atoms with Crippen molar-refractivity contribution in [2.45, 2.75) is 6.54 Å². The van der Waals surface area contributed by atoms with Gasteiger partial charge in [-0.25, -0.2) is 4.98 Å². The van der Waals surface area contributed by atoms with Gasteiger partial charge >= 0.3 is 0 Å². The maximum absolute atomic E-state index is 11.9. The summed E-state index contributed by atoms with van der Waals surface area (Å²) < 4.78 is 10.4. The summed E-state index contributed by atoms with van der Waals surface area (Å²) in [6.07, 6.45) is 1.45. The minimum atomic E-state index is -0.259. The van der Waals surface area contributed by atoms with Crippen molar-refractivity contribution in [1.29, 1.82) is 0 Å². The van der Waals surface area contributed by atoms with Gasteiger partial charge in [-0.1, -0.05) is 6.07 Å². The molecule has 1 amide bonds. The Morgan fingerprint density at radius 3 is 2.57 bits per heavy atom. The summed E-state index contributed by atoms with van der Waals surface area (Å²) >= 11 is 0. The van der Waals surface area contributed by atoms with Gasteiger partial charge in [-0.15, -0.1) is 0 Å². The van der Waals surface area contributed by atoms with Gasteiger partial charge in [0, 0.05) is 6.54 Å². The van der Waals surface area contributed by atoms with Crippen LogP contribution < -0.4 is 20.5 Å². The van der Waals surface area contributed by atoms with Gasteiger partial charge in [-0.3, -0.25) is 4.79 Å². The van der Waals surface area contributed by atoms with Crippen molar-refractivity contribution < 1.29 is 14.3 Å². The molecule has 3 N–H and O–H groups in total. The third kappa shape index (κ3) is 3.62. The van der Waals surface area contributed by atoms with Crippen molar-refractivity contribution >= 4 is 11.6 Å². The van der Waals surface area contributed by atoms with E-state index in [0.717, 1.165) is 5.56 Å². The first-order valence-corrected chi connectivity index (χ1v) is 6.34. The van der Waals surface area contributed by atoms with Crippen LogP contribution in [-0.2, 0) is 6.54 Å². The number of aromatic nitrogens is 1. The summed E-state index contributed by atoms with van der Waals surface area (Å²) in [6, 6.07) is 8.69. The molecule has 1 aromatic carbocycles. The normalized spacial score (nSPS) is 10.0. The molecule has 0 saturated carbocycles. The Hall–Kier alpha value is -2.76. The first kappa shape index (κ1) is 14.6. The van der Waals surface area contributed by atoms with Crippen LogP contribution in [0, 0.1) is 0 Å². The number of nitrogens with one attached hydrogen (secondary N) is 1. The van der Waals surface area contributed by atoms with Crippen molar-refractivity contribution in [2.24, 2.45) is 0 Å². The number of amides is 1. The Morgan fingerprint density at radius 2 is 1.95 bits per heavy atom. The van der Waals surface area contributed by atoms with Crippen LogP contribution >= 0.6 is 0 Å². The largest absolute Gasteiger partial charge is 0.493 e. The number of anilines is 1. The molecule has 0 unspecified atom stereocenters. The van der Waals surface area contributed by atoms with E-state index >= 15 is 0 Å². The summed E-state index contributed by atoms with van der Waals surface area (Å²) in [4.78, 5) is 15.9. The number of nitrogen functional groups attached to an aromatic ring is 1. The van der Waals surface area contributed by atoms with E-state index < -0.39 is 0 Å². The van der Waals surface area contributed by atoms with Gasteiger partial charge in [-0.05, 0) is 29.8 Å². The lowest BCUT2D eigenvalue weighted by Crippen LogP contribution is -2.23. The van der Waals surface area contributed by atoms with Gasteiger partial charge < -0.3 is 20.5 Å².